The first-order chi connectivity index (χ1) is 8.63. The molecule has 1 aromatic carbocycles. The monoisotopic (exact) mass is 247 g/mol. The maximum absolute atomic E-state index is 11.8. The van der Waals surface area contributed by atoms with Gasteiger partial charge in [-0.2, -0.15) is 0 Å². The molecule has 2 aromatic rings. The van der Waals surface area contributed by atoms with Crippen molar-refractivity contribution in [1.29, 1.82) is 0 Å². The molecule has 0 fully saturated rings. The van der Waals surface area contributed by atoms with Crippen LogP contribution in [0.3, 0.4) is 0 Å². The minimum atomic E-state index is -0.532. The summed E-state index contributed by atoms with van der Waals surface area (Å²) >= 11 is 0. The van der Waals surface area contributed by atoms with Crippen LogP contribution in [0.25, 0.3) is 10.9 Å². The minimum absolute atomic E-state index is 0.268. The number of aryl methyl sites for hydroxylation is 1. The molecule has 2 rings (SSSR count). The molecule has 0 bridgehead atoms. The van der Waals surface area contributed by atoms with Crippen molar-refractivity contribution in [1.82, 2.24) is 4.57 Å². The summed E-state index contributed by atoms with van der Waals surface area (Å²) in [6.45, 7) is 0. The Hall–Kier alpha value is -2.30. The van der Waals surface area contributed by atoms with Crippen molar-refractivity contribution >= 4 is 23.2 Å². The molecule has 0 radical (unpaired) electrons. The van der Waals surface area contributed by atoms with Crippen molar-refractivity contribution < 1.29 is 19.1 Å². The Bertz CT molecular complexity index is 627. The highest BCUT2D eigenvalue weighted by molar-refractivity contribution is 6.10. The van der Waals surface area contributed by atoms with Gasteiger partial charge in [-0.3, -0.25) is 4.79 Å². The summed E-state index contributed by atoms with van der Waals surface area (Å²) in [5.41, 5.74) is 1.34. The van der Waals surface area contributed by atoms with E-state index in [9.17, 15) is 9.59 Å². The average Bonchev–Trinajstić information content (AvgIpc) is 2.69. The highest BCUT2D eigenvalue weighted by Gasteiger charge is 2.21. The maximum atomic E-state index is 11.8. The second-order valence-electron chi connectivity index (χ2n) is 3.81. The topological polar surface area (TPSA) is 57.5 Å². The molecule has 0 aliphatic heterocycles. The van der Waals surface area contributed by atoms with Crippen molar-refractivity contribution in [2.75, 3.05) is 14.2 Å². The number of aldehydes is 1. The molecule has 0 saturated heterocycles. The molecule has 0 N–H and O–H groups in total. The first-order valence-electron chi connectivity index (χ1n) is 5.34. The molecule has 1 heterocycles. The van der Waals surface area contributed by atoms with E-state index in [1.54, 1.807) is 36.9 Å². The van der Waals surface area contributed by atoms with Crippen molar-refractivity contribution in [2.24, 2.45) is 7.05 Å². The van der Waals surface area contributed by atoms with E-state index in [1.807, 2.05) is 0 Å². The fourth-order valence-electron chi connectivity index (χ4n) is 2.02. The summed E-state index contributed by atoms with van der Waals surface area (Å²) in [5, 5.41) is 0.644. The lowest BCUT2D eigenvalue weighted by Crippen LogP contribution is -2.05. The molecule has 0 amide bonds. The standard InChI is InChI=1S/C13H13NO4/c1-14-10-5-4-8(17-2)6-9(10)12(11(14)7-15)13(16)18-3/h4-7H,1-3H3. The Kier molecular flexibility index (Phi) is 3.06. The number of hydrogen-bond donors (Lipinski definition) is 0. The van der Waals surface area contributed by atoms with Gasteiger partial charge >= 0.3 is 5.97 Å². The number of carbonyl (C=O) groups excluding carboxylic acids is 2. The van der Waals surface area contributed by atoms with Crippen LogP contribution in [-0.4, -0.2) is 31.0 Å². The van der Waals surface area contributed by atoms with Crippen molar-refractivity contribution in [3.8, 4) is 5.75 Å². The van der Waals surface area contributed by atoms with Crippen molar-refractivity contribution in [3.05, 3.63) is 29.5 Å². The van der Waals surface area contributed by atoms with Crippen molar-refractivity contribution in [3.63, 3.8) is 0 Å². The predicted octanol–water partition coefficient (Wildman–Crippen LogP) is 1.79. The summed E-state index contributed by atoms with van der Waals surface area (Å²) in [5.74, 6) is 0.0895. The Morgan fingerprint density at radius 1 is 1.33 bits per heavy atom. The van der Waals surface area contributed by atoms with Crippen LogP contribution in [0.4, 0.5) is 0 Å². The van der Waals surface area contributed by atoms with Gasteiger partial charge in [0.05, 0.1) is 25.5 Å². The Morgan fingerprint density at radius 2 is 2.06 bits per heavy atom. The third kappa shape index (κ3) is 1.64. The Labute approximate surface area is 104 Å². The summed E-state index contributed by atoms with van der Waals surface area (Å²) in [4.78, 5) is 22.9. The quantitative estimate of drug-likeness (QED) is 0.613. The van der Waals surface area contributed by atoms with Crippen molar-refractivity contribution in [2.45, 2.75) is 0 Å². The summed E-state index contributed by atoms with van der Waals surface area (Å²) in [6, 6.07) is 5.29. The number of aromatic nitrogens is 1. The molecule has 0 unspecified atom stereocenters. The van der Waals surface area contributed by atoms with E-state index in [1.165, 1.54) is 7.11 Å². The highest BCUT2D eigenvalue weighted by Crippen LogP contribution is 2.28. The molecule has 0 spiro atoms. The summed E-state index contributed by atoms with van der Waals surface area (Å²) in [6.07, 6.45) is 0.652. The van der Waals surface area contributed by atoms with Crippen LogP contribution < -0.4 is 4.74 Å². The number of fused-ring (bicyclic) bond motifs is 1. The second-order valence-corrected chi connectivity index (χ2v) is 3.81. The van der Waals surface area contributed by atoms with Crippen LogP contribution in [0.5, 0.6) is 5.75 Å². The Morgan fingerprint density at radius 3 is 2.61 bits per heavy atom. The molecule has 0 saturated carbocycles. The zero-order valence-corrected chi connectivity index (χ0v) is 10.4. The number of rotatable bonds is 3. The summed E-state index contributed by atoms with van der Waals surface area (Å²) < 4.78 is 11.5. The zero-order valence-electron chi connectivity index (χ0n) is 10.4. The van der Waals surface area contributed by atoms with E-state index in [0.29, 0.717) is 23.1 Å². The number of esters is 1. The number of benzene rings is 1. The fourth-order valence-corrected chi connectivity index (χ4v) is 2.02. The van der Waals surface area contributed by atoms with E-state index in [-0.39, 0.29) is 5.56 Å². The molecule has 18 heavy (non-hydrogen) atoms. The van der Waals surface area contributed by atoms with Gasteiger partial charge in [-0.1, -0.05) is 0 Å². The van der Waals surface area contributed by atoms with Gasteiger partial charge in [0.2, 0.25) is 0 Å². The number of carbonyl (C=O) groups is 2. The van der Waals surface area contributed by atoms with Crippen LogP contribution in [0.1, 0.15) is 20.8 Å². The fraction of sp³-hybridized carbons (Fsp3) is 0.231. The molecule has 0 aliphatic carbocycles. The van der Waals surface area contributed by atoms with Gasteiger partial charge < -0.3 is 14.0 Å². The number of hydrogen-bond acceptors (Lipinski definition) is 4. The zero-order chi connectivity index (χ0) is 13.3. The van der Waals surface area contributed by atoms with E-state index in [0.717, 1.165) is 5.52 Å². The average molecular weight is 247 g/mol. The third-order valence-electron chi connectivity index (χ3n) is 2.95. The largest absolute Gasteiger partial charge is 0.497 e. The lowest BCUT2D eigenvalue weighted by atomic mass is 10.1. The van der Waals surface area contributed by atoms with Gasteiger partial charge in [0.1, 0.15) is 5.75 Å². The summed E-state index contributed by atoms with van der Waals surface area (Å²) in [7, 11) is 4.56. The second kappa shape index (κ2) is 4.52. The van der Waals surface area contributed by atoms with Crippen LogP contribution in [0, 0.1) is 0 Å². The third-order valence-corrected chi connectivity index (χ3v) is 2.95. The van der Waals surface area contributed by atoms with Gasteiger partial charge in [-0.05, 0) is 18.2 Å². The lowest BCUT2D eigenvalue weighted by molar-refractivity contribution is 0.0600. The smallest absolute Gasteiger partial charge is 0.340 e. The molecule has 0 aliphatic rings. The van der Waals surface area contributed by atoms with Gasteiger partial charge in [0, 0.05) is 18.0 Å². The van der Waals surface area contributed by atoms with Gasteiger partial charge in [-0.25, -0.2) is 4.79 Å². The van der Waals surface area contributed by atoms with Crippen LogP contribution in [0.2, 0.25) is 0 Å². The number of methoxy groups -OCH3 is 2. The minimum Gasteiger partial charge on any atom is -0.497 e. The first-order valence-corrected chi connectivity index (χ1v) is 5.34. The molecule has 94 valence electrons. The maximum Gasteiger partial charge on any atom is 0.340 e. The molecule has 0 atom stereocenters. The van der Waals surface area contributed by atoms with E-state index in [2.05, 4.69) is 0 Å². The lowest BCUT2D eigenvalue weighted by Gasteiger charge is -2.01. The van der Waals surface area contributed by atoms with Crippen LogP contribution in [-0.2, 0) is 11.8 Å². The molecular formula is C13H13NO4. The number of nitrogens with zero attached hydrogens (tertiary/aromatic N) is 1. The van der Waals surface area contributed by atoms with Gasteiger partial charge in [0.25, 0.3) is 0 Å². The molecular weight excluding hydrogens is 234 g/mol. The first kappa shape index (κ1) is 12.2. The van der Waals surface area contributed by atoms with E-state index in [4.69, 9.17) is 9.47 Å². The molecule has 5 heteroatoms. The predicted molar refractivity (Wildman–Crippen MR) is 66.2 cm³/mol. The van der Waals surface area contributed by atoms with Crippen LogP contribution >= 0.6 is 0 Å². The van der Waals surface area contributed by atoms with E-state index < -0.39 is 5.97 Å². The molecule has 1 aromatic heterocycles. The Balaban J connectivity index is 2.86. The number of ether oxygens (including phenoxy) is 2. The normalized spacial score (nSPS) is 10.4. The SMILES string of the molecule is COC(=O)c1c(C=O)n(C)c2ccc(OC)cc12. The van der Waals surface area contributed by atoms with Gasteiger partial charge in [0.15, 0.2) is 6.29 Å². The van der Waals surface area contributed by atoms with Crippen LogP contribution in [0.15, 0.2) is 18.2 Å². The molecule has 5 nitrogen and oxygen atoms in total. The highest BCUT2D eigenvalue weighted by atomic mass is 16.5. The van der Waals surface area contributed by atoms with E-state index >= 15 is 0 Å². The van der Waals surface area contributed by atoms with Gasteiger partial charge in [-0.15, -0.1) is 0 Å².